The molecule has 0 aromatic heterocycles. The number of nitrogens with one attached hydrogen (secondary N) is 3. The Kier molecular flexibility index (Phi) is 11.8. The van der Waals surface area contributed by atoms with Crippen molar-refractivity contribution in [1.82, 2.24) is 16.0 Å². The lowest BCUT2D eigenvalue weighted by molar-refractivity contribution is -0.145. The summed E-state index contributed by atoms with van der Waals surface area (Å²) in [5.41, 5.74) is 3.13. The molecule has 0 radical (unpaired) electrons. The predicted octanol–water partition coefficient (Wildman–Crippen LogP) is 2.78. The minimum Gasteiger partial charge on any atom is -0.465 e. The summed E-state index contributed by atoms with van der Waals surface area (Å²) in [6.07, 6.45) is -1.57. The number of carbonyl (C=O) groups excluding carboxylic acids is 5. The maximum atomic E-state index is 13.7. The lowest BCUT2D eigenvalue weighted by atomic mass is 9.98. The van der Waals surface area contributed by atoms with Crippen LogP contribution in [0.1, 0.15) is 59.0 Å². The van der Waals surface area contributed by atoms with E-state index < -0.39 is 48.4 Å². The average Bonchev–Trinajstić information content (AvgIpc) is 3.34. The van der Waals surface area contributed by atoms with Crippen LogP contribution in [-0.4, -0.2) is 72.5 Å². The number of rotatable bonds is 15. The monoisotopic (exact) mass is 629 g/mol. The van der Waals surface area contributed by atoms with Crippen molar-refractivity contribution < 1.29 is 38.6 Å². The molecule has 3 aromatic carbocycles. The summed E-state index contributed by atoms with van der Waals surface area (Å²) in [5.74, 6) is -3.16. The molecule has 0 fully saturated rings. The molecule has 1 aliphatic rings. The Bertz CT molecular complexity index is 1570. The van der Waals surface area contributed by atoms with Gasteiger partial charge in [0.15, 0.2) is 11.9 Å². The average molecular weight is 630 g/mol. The molecule has 242 valence electrons. The fourth-order valence-electron chi connectivity index (χ4n) is 5.23. The van der Waals surface area contributed by atoms with Gasteiger partial charge in [-0.05, 0) is 42.0 Å². The summed E-state index contributed by atoms with van der Waals surface area (Å²) >= 11 is 0. The number of ketones is 1. The van der Waals surface area contributed by atoms with Crippen LogP contribution in [0.4, 0.5) is 0 Å². The van der Waals surface area contributed by atoms with Gasteiger partial charge in [0.2, 0.25) is 5.91 Å². The van der Waals surface area contributed by atoms with Crippen LogP contribution in [0.15, 0.2) is 72.8 Å². The van der Waals surface area contributed by atoms with Crippen molar-refractivity contribution in [1.29, 1.82) is 0 Å². The highest BCUT2D eigenvalue weighted by atomic mass is 16.5. The zero-order valence-electron chi connectivity index (χ0n) is 26.1. The van der Waals surface area contributed by atoms with Gasteiger partial charge in [0, 0.05) is 11.1 Å². The highest BCUT2D eigenvalue weighted by molar-refractivity contribution is 6.25. The predicted molar refractivity (Wildman–Crippen MR) is 170 cm³/mol. The van der Waals surface area contributed by atoms with Gasteiger partial charge in [-0.25, -0.2) is 0 Å². The first-order valence-electron chi connectivity index (χ1n) is 15.2. The maximum Gasteiger partial charge on any atom is 0.325 e. The number of carbonyl (C=O) groups is 5. The SMILES string of the molecule is CCOC(=O)CNC(=O)C(O)C(COCc1ccccc1)NC(=O)C(CC(C)C)NC(=O)c1cccc2c1C(=O)c1ccccc1-2. The van der Waals surface area contributed by atoms with Gasteiger partial charge in [-0.15, -0.1) is 0 Å². The van der Waals surface area contributed by atoms with Gasteiger partial charge < -0.3 is 30.5 Å². The Morgan fingerprint density at radius 2 is 1.50 bits per heavy atom. The third-order valence-electron chi connectivity index (χ3n) is 7.43. The van der Waals surface area contributed by atoms with E-state index >= 15 is 0 Å². The standard InChI is InChI=1S/C35H39N3O8/c1-4-46-29(39)18-36-35(44)32(41)28(20-45-19-22-11-6-5-7-12-22)38-34(43)27(17-21(2)3)37-33(42)26-16-10-15-24-23-13-8-9-14-25(23)31(40)30(24)26/h5-16,21,27-28,32,41H,4,17-20H2,1-3H3,(H,36,44)(H,37,42)(H,38,43). The van der Waals surface area contributed by atoms with Crippen LogP contribution in [-0.2, 0) is 30.5 Å². The summed E-state index contributed by atoms with van der Waals surface area (Å²) in [6.45, 7) is 4.93. The summed E-state index contributed by atoms with van der Waals surface area (Å²) in [5, 5.41) is 18.7. The van der Waals surface area contributed by atoms with Gasteiger partial charge in [-0.2, -0.15) is 0 Å². The van der Waals surface area contributed by atoms with Crippen LogP contribution in [0, 0.1) is 5.92 Å². The lowest BCUT2D eigenvalue weighted by Crippen LogP contribution is -2.57. The van der Waals surface area contributed by atoms with Crippen LogP contribution in [0.5, 0.6) is 0 Å². The number of aliphatic hydroxyl groups is 1. The van der Waals surface area contributed by atoms with E-state index in [9.17, 15) is 29.1 Å². The molecule has 3 aromatic rings. The smallest absolute Gasteiger partial charge is 0.325 e. The maximum absolute atomic E-state index is 13.7. The Balaban J connectivity index is 1.51. The highest BCUT2D eigenvalue weighted by Crippen LogP contribution is 2.38. The number of amides is 3. The minimum atomic E-state index is -1.79. The number of aliphatic hydroxyl groups excluding tert-OH is 1. The third kappa shape index (κ3) is 8.43. The minimum absolute atomic E-state index is 0.0333. The van der Waals surface area contributed by atoms with Crippen molar-refractivity contribution in [2.45, 2.75) is 52.0 Å². The molecule has 0 saturated heterocycles. The first-order chi connectivity index (χ1) is 22.1. The molecular formula is C35H39N3O8. The summed E-state index contributed by atoms with van der Waals surface area (Å²) in [7, 11) is 0. The molecule has 3 atom stereocenters. The molecule has 0 aliphatic heterocycles. The molecule has 1 aliphatic carbocycles. The Labute approximate surface area is 267 Å². The lowest BCUT2D eigenvalue weighted by Gasteiger charge is -2.27. The van der Waals surface area contributed by atoms with E-state index in [-0.39, 0.29) is 49.1 Å². The second kappa shape index (κ2) is 15.9. The van der Waals surface area contributed by atoms with Crippen molar-refractivity contribution in [2.75, 3.05) is 19.8 Å². The molecule has 3 amide bonds. The van der Waals surface area contributed by atoms with Crippen LogP contribution >= 0.6 is 0 Å². The number of hydrogen-bond donors (Lipinski definition) is 4. The van der Waals surface area contributed by atoms with Gasteiger partial charge in [-0.3, -0.25) is 24.0 Å². The van der Waals surface area contributed by atoms with E-state index in [1.807, 2.05) is 56.3 Å². The zero-order valence-corrected chi connectivity index (χ0v) is 26.1. The van der Waals surface area contributed by atoms with Crippen molar-refractivity contribution in [2.24, 2.45) is 5.92 Å². The Hall–Kier alpha value is -4.87. The van der Waals surface area contributed by atoms with E-state index in [0.29, 0.717) is 11.1 Å². The Morgan fingerprint density at radius 3 is 2.20 bits per heavy atom. The number of ether oxygens (including phenoxy) is 2. The normalized spacial score (nSPS) is 13.6. The van der Waals surface area contributed by atoms with Crippen molar-refractivity contribution in [3.63, 3.8) is 0 Å². The second-order valence-electron chi connectivity index (χ2n) is 11.3. The number of hydrogen-bond acceptors (Lipinski definition) is 8. The third-order valence-corrected chi connectivity index (χ3v) is 7.43. The largest absolute Gasteiger partial charge is 0.465 e. The number of fused-ring (bicyclic) bond motifs is 3. The number of esters is 1. The van der Waals surface area contributed by atoms with Crippen molar-refractivity contribution in [3.8, 4) is 11.1 Å². The van der Waals surface area contributed by atoms with Crippen molar-refractivity contribution in [3.05, 3.63) is 95.1 Å². The zero-order chi connectivity index (χ0) is 33.2. The van der Waals surface area contributed by atoms with Crippen LogP contribution < -0.4 is 16.0 Å². The molecule has 0 spiro atoms. The van der Waals surface area contributed by atoms with Gasteiger partial charge >= 0.3 is 5.97 Å². The first-order valence-corrected chi connectivity index (χ1v) is 15.2. The van der Waals surface area contributed by atoms with E-state index in [4.69, 9.17) is 9.47 Å². The van der Waals surface area contributed by atoms with E-state index in [2.05, 4.69) is 16.0 Å². The van der Waals surface area contributed by atoms with E-state index in [1.165, 1.54) is 0 Å². The number of benzene rings is 3. The van der Waals surface area contributed by atoms with Crippen molar-refractivity contribution >= 4 is 29.5 Å². The van der Waals surface area contributed by atoms with E-state index in [0.717, 1.165) is 11.1 Å². The van der Waals surface area contributed by atoms with Crippen LogP contribution in [0.3, 0.4) is 0 Å². The van der Waals surface area contributed by atoms with Crippen LogP contribution in [0.25, 0.3) is 11.1 Å². The molecule has 4 N–H and O–H groups in total. The summed E-state index contributed by atoms with van der Waals surface area (Å²) in [4.78, 5) is 65.1. The highest BCUT2D eigenvalue weighted by Gasteiger charge is 2.34. The molecule has 11 heteroatoms. The van der Waals surface area contributed by atoms with Gasteiger partial charge in [-0.1, -0.05) is 80.6 Å². The van der Waals surface area contributed by atoms with Gasteiger partial charge in [0.1, 0.15) is 12.6 Å². The topological polar surface area (TPSA) is 160 Å². The molecule has 0 bridgehead atoms. The fraction of sp³-hybridized carbons (Fsp3) is 0.343. The second-order valence-corrected chi connectivity index (χ2v) is 11.3. The van der Waals surface area contributed by atoms with E-state index in [1.54, 1.807) is 37.3 Å². The molecule has 3 unspecified atom stereocenters. The van der Waals surface area contributed by atoms with Gasteiger partial charge in [0.25, 0.3) is 11.8 Å². The summed E-state index contributed by atoms with van der Waals surface area (Å²) in [6, 6.07) is 19.0. The molecule has 0 saturated carbocycles. The molecule has 4 rings (SSSR count). The quantitative estimate of drug-likeness (QED) is 0.146. The molecular weight excluding hydrogens is 590 g/mol. The summed E-state index contributed by atoms with van der Waals surface area (Å²) < 4.78 is 10.6. The van der Waals surface area contributed by atoms with Crippen LogP contribution in [0.2, 0.25) is 0 Å². The van der Waals surface area contributed by atoms with Gasteiger partial charge in [0.05, 0.1) is 31.4 Å². The molecule has 11 nitrogen and oxygen atoms in total. The molecule has 0 heterocycles. The molecule has 46 heavy (non-hydrogen) atoms. The fourth-order valence-corrected chi connectivity index (χ4v) is 5.23. The first kappa shape index (κ1) is 34.0. The Morgan fingerprint density at radius 1 is 0.826 bits per heavy atom.